The third-order valence-electron chi connectivity index (χ3n) is 6.18. The summed E-state index contributed by atoms with van der Waals surface area (Å²) >= 11 is 0. The maximum absolute atomic E-state index is 10.5. The quantitative estimate of drug-likeness (QED) is 0.358. The lowest BCUT2D eigenvalue weighted by molar-refractivity contribution is -0.109. The zero-order valence-corrected chi connectivity index (χ0v) is 19.4. The van der Waals surface area contributed by atoms with E-state index in [1.54, 1.807) is 12.4 Å². The van der Waals surface area contributed by atoms with Crippen molar-refractivity contribution >= 4 is 17.2 Å². The molecule has 5 rings (SSSR count). The molecule has 9 nitrogen and oxygen atoms in total. The van der Waals surface area contributed by atoms with Crippen LogP contribution >= 0.6 is 0 Å². The van der Waals surface area contributed by atoms with Gasteiger partial charge < -0.3 is 14.6 Å². The van der Waals surface area contributed by atoms with Crippen LogP contribution < -0.4 is 4.74 Å². The number of benzene rings is 1. The van der Waals surface area contributed by atoms with E-state index in [1.165, 1.54) is 0 Å². The maximum Gasteiger partial charge on any atom is 0.219 e. The zero-order chi connectivity index (χ0) is 24.0. The number of nitrogens with zero attached hydrogens (tertiary/aromatic N) is 5. The largest absolute Gasteiger partial charge is 0.439 e. The summed E-state index contributed by atoms with van der Waals surface area (Å²) in [4.78, 5) is 24.4. The molecule has 3 aromatic heterocycles. The van der Waals surface area contributed by atoms with Gasteiger partial charge in [-0.15, -0.1) is 0 Å². The summed E-state index contributed by atoms with van der Waals surface area (Å²) < 4.78 is 5.95. The number of ether oxygens (including phenoxy) is 1. The van der Waals surface area contributed by atoms with Crippen molar-refractivity contribution in [3.05, 3.63) is 66.6 Å². The number of carbonyl (C=O) groups excluding carboxylic acids is 1. The summed E-state index contributed by atoms with van der Waals surface area (Å²) in [7, 11) is 0. The van der Waals surface area contributed by atoms with Gasteiger partial charge in [-0.1, -0.05) is 6.07 Å². The normalized spacial score (nSPS) is 15.8. The molecule has 9 heteroatoms. The van der Waals surface area contributed by atoms with E-state index in [1.807, 2.05) is 36.4 Å². The Bertz CT molecular complexity index is 1250. The van der Waals surface area contributed by atoms with E-state index in [0.29, 0.717) is 18.2 Å². The number of aromatic amines is 1. The van der Waals surface area contributed by atoms with E-state index in [2.05, 4.69) is 37.1 Å². The van der Waals surface area contributed by atoms with Crippen LogP contribution in [0.3, 0.4) is 0 Å². The summed E-state index contributed by atoms with van der Waals surface area (Å²) in [6.45, 7) is 4.90. The first-order chi connectivity index (χ1) is 17.2. The molecule has 0 unspecified atom stereocenters. The number of aliphatic hydroxyl groups is 1. The fraction of sp³-hybridized carbons (Fsp3) is 0.308. The van der Waals surface area contributed by atoms with E-state index < -0.39 is 6.10 Å². The number of aldehydes is 1. The van der Waals surface area contributed by atoms with Gasteiger partial charge in [-0.2, -0.15) is 5.10 Å². The average Bonchev–Trinajstić information content (AvgIpc) is 3.41. The van der Waals surface area contributed by atoms with Crippen molar-refractivity contribution in [3.8, 4) is 22.9 Å². The molecule has 1 fully saturated rings. The third-order valence-corrected chi connectivity index (χ3v) is 6.18. The minimum Gasteiger partial charge on any atom is -0.439 e. The predicted molar refractivity (Wildman–Crippen MR) is 132 cm³/mol. The van der Waals surface area contributed by atoms with Gasteiger partial charge in [0.25, 0.3) is 0 Å². The number of hydrogen-bond acceptors (Lipinski definition) is 8. The first kappa shape index (κ1) is 23.1. The van der Waals surface area contributed by atoms with Crippen LogP contribution in [0.1, 0.15) is 12.1 Å². The number of nitrogens with one attached hydrogen (secondary N) is 1. The van der Waals surface area contributed by atoms with Gasteiger partial charge in [-0.3, -0.25) is 19.9 Å². The summed E-state index contributed by atoms with van der Waals surface area (Å²) in [6.07, 6.45) is 3.86. The lowest BCUT2D eigenvalue weighted by Crippen LogP contribution is -2.48. The Balaban J connectivity index is 1.17. The van der Waals surface area contributed by atoms with E-state index in [0.717, 1.165) is 66.9 Å². The summed E-state index contributed by atoms with van der Waals surface area (Å²) in [5.41, 5.74) is 3.80. The first-order valence-corrected chi connectivity index (χ1v) is 11.8. The van der Waals surface area contributed by atoms with Gasteiger partial charge in [0.15, 0.2) is 0 Å². The fourth-order valence-electron chi connectivity index (χ4n) is 4.28. The fourth-order valence-corrected chi connectivity index (χ4v) is 4.28. The second-order valence-electron chi connectivity index (χ2n) is 8.75. The molecule has 0 saturated carbocycles. The Morgan fingerprint density at radius 2 is 1.91 bits per heavy atom. The minimum absolute atomic E-state index is 0.197. The van der Waals surface area contributed by atoms with Crippen molar-refractivity contribution in [1.82, 2.24) is 30.0 Å². The number of β-amino-alcohol motifs (C(OH)–C–C–N with tert-alkyl or cyclic N) is 1. The lowest BCUT2D eigenvalue weighted by Gasteiger charge is -2.35. The van der Waals surface area contributed by atoms with E-state index in [9.17, 15) is 9.90 Å². The number of pyridine rings is 2. The van der Waals surface area contributed by atoms with Crippen LogP contribution in [0, 0.1) is 0 Å². The van der Waals surface area contributed by atoms with Crippen molar-refractivity contribution in [3.63, 3.8) is 0 Å². The van der Waals surface area contributed by atoms with Crippen LogP contribution in [0.15, 0.2) is 60.9 Å². The molecule has 1 aliphatic rings. The molecule has 0 spiro atoms. The van der Waals surface area contributed by atoms with Gasteiger partial charge in [0.1, 0.15) is 12.0 Å². The van der Waals surface area contributed by atoms with Crippen molar-refractivity contribution in [2.45, 2.75) is 19.1 Å². The number of hydrogen-bond donors (Lipinski definition) is 2. The molecule has 1 atom stereocenters. The highest BCUT2D eigenvalue weighted by molar-refractivity contribution is 5.80. The molecular formula is C26H28N6O3. The van der Waals surface area contributed by atoms with Crippen LogP contribution in [-0.2, 0) is 11.3 Å². The number of carbonyl (C=O) groups is 1. The summed E-state index contributed by atoms with van der Waals surface area (Å²) in [5.74, 6) is 1.23. The van der Waals surface area contributed by atoms with E-state index >= 15 is 0 Å². The van der Waals surface area contributed by atoms with Gasteiger partial charge >= 0.3 is 0 Å². The van der Waals surface area contributed by atoms with Crippen molar-refractivity contribution in [1.29, 1.82) is 0 Å². The molecule has 2 N–H and O–H groups in total. The van der Waals surface area contributed by atoms with Gasteiger partial charge in [0.05, 0.1) is 23.0 Å². The molecule has 1 aromatic carbocycles. The lowest BCUT2D eigenvalue weighted by atomic mass is 10.2. The molecule has 180 valence electrons. The van der Waals surface area contributed by atoms with Crippen LogP contribution in [0.2, 0.25) is 0 Å². The van der Waals surface area contributed by atoms with E-state index in [-0.39, 0.29) is 6.42 Å². The second-order valence-corrected chi connectivity index (χ2v) is 8.75. The number of H-pyrrole nitrogens is 1. The topological polar surface area (TPSA) is 107 Å². The molecule has 4 aromatic rings. The minimum atomic E-state index is -0.577. The molecule has 0 radical (unpaired) electrons. The monoisotopic (exact) mass is 472 g/mol. The number of piperazine rings is 1. The molecule has 4 heterocycles. The van der Waals surface area contributed by atoms with Crippen LogP contribution in [0.4, 0.5) is 0 Å². The maximum atomic E-state index is 10.5. The Labute approximate surface area is 203 Å². The standard InChI is InChI=1S/C26H28N6O3/c33-14-8-22(34)18-32-12-10-31(11-13-32)17-21-3-1-19-15-23(4-5-24(19)29-21)35-26-6-2-20(16-27-26)25-7-9-28-30-25/h1-7,9,14-16,22,34H,8,10-13,17-18H2,(H,28,30)/t22-/m0/s1. The van der Waals surface area contributed by atoms with Gasteiger partial charge in [-0.25, -0.2) is 4.98 Å². The summed E-state index contributed by atoms with van der Waals surface area (Å²) in [6, 6.07) is 15.7. The number of aromatic nitrogens is 4. The first-order valence-electron chi connectivity index (χ1n) is 11.8. The number of fused-ring (bicyclic) bond motifs is 1. The Hall–Kier alpha value is -3.66. The van der Waals surface area contributed by atoms with Crippen LogP contribution in [0.25, 0.3) is 22.2 Å². The third kappa shape index (κ3) is 5.89. The number of rotatable bonds is 9. The zero-order valence-electron chi connectivity index (χ0n) is 19.4. The Kier molecular flexibility index (Phi) is 7.08. The van der Waals surface area contributed by atoms with E-state index in [4.69, 9.17) is 9.72 Å². The highest BCUT2D eigenvalue weighted by Crippen LogP contribution is 2.26. The van der Waals surface area contributed by atoms with Crippen LogP contribution in [-0.4, -0.2) is 80.2 Å². The van der Waals surface area contributed by atoms with Crippen LogP contribution in [0.5, 0.6) is 11.6 Å². The van der Waals surface area contributed by atoms with Gasteiger partial charge in [0.2, 0.25) is 5.88 Å². The molecule has 0 bridgehead atoms. The molecule has 35 heavy (non-hydrogen) atoms. The molecule has 0 aliphatic carbocycles. The molecule has 1 aliphatic heterocycles. The van der Waals surface area contributed by atoms with Gasteiger partial charge in [-0.05, 0) is 36.4 Å². The SMILES string of the molecule is O=CC[C@H](O)CN1CCN(Cc2ccc3cc(Oc4ccc(-c5ccn[nH]5)cn4)ccc3n2)CC1. The average molecular weight is 473 g/mol. The number of aliphatic hydroxyl groups excluding tert-OH is 1. The predicted octanol–water partition coefficient (Wildman–Crippen LogP) is 2.88. The molecular weight excluding hydrogens is 444 g/mol. The Morgan fingerprint density at radius 3 is 2.66 bits per heavy atom. The van der Waals surface area contributed by atoms with Crippen molar-refractivity contribution in [2.24, 2.45) is 0 Å². The summed E-state index contributed by atoms with van der Waals surface area (Å²) in [5, 5.41) is 17.7. The molecule has 0 amide bonds. The smallest absolute Gasteiger partial charge is 0.219 e. The van der Waals surface area contributed by atoms with Crippen molar-refractivity contribution < 1.29 is 14.6 Å². The second kappa shape index (κ2) is 10.7. The highest BCUT2D eigenvalue weighted by Gasteiger charge is 2.19. The van der Waals surface area contributed by atoms with Gasteiger partial charge in [0, 0.05) is 75.1 Å². The molecule has 1 saturated heterocycles. The van der Waals surface area contributed by atoms with Crippen molar-refractivity contribution in [2.75, 3.05) is 32.7 Å². The Morgan fingerprint density at radius 1 is 1.06 bits per heavy atom. The highest BCUT2D eigenvalue weighted by atomic mass is 16.5.